The van der Waals surface area contributed by atoms with Crippen molar-refractivity contribution in [2.24, 2.45) is 0 Å². The lowest BCUT2D eigenvalue weighted by atomic mass is 10.2. The summed E-state index contributed by atoms with van der Waals surface area (Å²) >= 11 is 0. The second-order valence-corrected chi connectivity index (χ2v) is 4.62. The van der Waals surface area contributed by atoms with Crippen molar-refractivity contribution >= 4 is 11.5 Å². The zero-order chi connectivity index (χ0) is 12.1. The Morgan fingerprint density at radius 3 is 2.35 bits per heavy atom. The van der Waals surface area contributed by atoms with Gasteiger partial charge in [-0.15, -0.1) is 0 Å². The molecule has 1 heterocycles. The fourth-order valence-corrected chi connectivity index (χ4v) is 2.18. The van der Waals surface area contributed by atoms with E-state index in [-0.39, 0.29) is 5.78 Å². The van der Waals surface area contributed by atoms with Crippen LogP contribution in [-0.2, 0) is 4.79 Å². The van der Waals surface area contributed by atoms with Gasteiger partial charge in [-0.3, -0.25) is 9.69 Å². The molecule has 1 aromatic rings. The number of hydrogen-bond donors (Lipinski definition) is 0. The third-order valence-corrected chi connectivity index (χ3v) is 3.27. The molecule has 1 fully saturated rings. The number of Topliss-reactive ketones (excluding diaryl/α,β-unsaturated/α-hetero) is 1. The number of hydrogen-bond acceptors (Lipinski definition) is 3. The van der Waals surface area contributed by atoms with E-state index in [1.54, 1.807) is 6.92 Å². The first-order valence-corrected chi connectivity index (χ1v) is 6.27. The van der Waals surface area contributed by atoms with Crippen molar-refractivity contribution in [3.05, 3.63) is 30.3 Å². The number of rotatable bonds is 4. The summed E-state index contributed by atoms with van der Waals surface area (Å²) in [7, 11) is 0. The minimum Gasteiger partial charge on any atom is -0.369 e. The van der Waals surface area contributed by atoms with Crippen LogP contribution in [0.25, 0.3) is 0 Å². The maximum absolute atomic E-state index is 10.9. The second kappa shape index (κ2) is 5.82. The number of piperazine rings is 1. The van der Waals surface area contributed by atoms with Gasteiger partial charge < -0.3 is 4.90 Å². The SMILES string of the molecule is CC(=O)CCN1CCN(c2ccccc2)CC1. The van der Waals surface area contributed by atoms with Gasteiger partial charge in [0.05, 0.1) is 0 Å². The van der Waals surface area contributed by atoms with Gasteiger partial charge in [0.15, 0.2) is 0 Å². The van der Waals surface area contributed by atoms with Crippen molar-refractivity contribution in [1.29, 1.82) is 0 Å². The van der Waals surface area contributed by atoms with Gasteiger partial charge in [-0.2, -0.15) is 0 Å². The number of anilines is 1. The number of nitrogens with zero attached hydrogens (tertiary/aromatic N) is 2. The monoisotopic (exact) mass is 232 g/mol. The van der Waals surface area contributed by atoms with Crippen molar-refractivity contribution in [3.8, 4) is 0 Å². The lowest BCUT2D eigenvalue weighted by Gasteiger charge is -2.36. The maximum atomic E-state index is 10.9. The molecule has 1 saturated heterocycles. The van der Waals surface area contributed by atoms with Crippen LogP contribution in [0.4, 0.5) is 5.69 Å². The summed E-state index contributed by atoms with van der Waals surface area (Å²) in [4.78, 5) is 15.7. The quantitative estimate of drug-likeness (QED) is 0.790. The van der Waals surface area contributed by atoms with E-state index in [1.807, 2.05) is 6.07 Å². The molecule has 0 aliphatic carbocycles. The molecule has 2 rings (SSSR count). The fraction of sp³-hybridized carbons (Fsp3) is 0.500. The van der Waals surface area contributed by atoms with E-state index in [2.05, 4.69) is 34.1 Å². The van der Waals surface area contributed by atoms with Gasteiger partial charge in [-0.05, 0) is 19.1 Å². The van der Waals surface area contributed by atoms with Crippen LogP contribution in [-0.4, -0.2) is 43.4 Å². The van der Waals surface area contributed by atoms with Crippen molar-refractivity contribution in [3.63, 3.8) is 0 Å². The lowest BCUT2D eigenvalue weighted by Crippen LogP contribution is -2.46. The molecule has 0 amide bonds. The van der Waals surface area contributed by atoms with Crippen LogP contribution in [0.1, 0.15) is 13.3 Å². The molecule has 0 spiro atoms. The summed E-state index contributed by atoms with van der Waals surface area (Å²) in [6, 6.07) is 10.5. The molecule has 1 aliphatic heterocycles. The molecule has 1 aliphatic rings. The molecule has 0 N–H and O–H groups in total. The normalized spacial score (nSPS) is 17.1. The molecular weight excluding hydrogens is 212 g/mol. The Bertz CT molecular complexity index is 356. The minimum atomic E-state index is 0.287. The second-order valence-electron chi connectivity index (χ2n) is 4.62. The van der Waals surface area contributed by atoms with E-state index in [0.29, 0.717) is 6.42 Å². The fourth-order valence-electron chi connectivity index (χ4n) is 2.18. The Kier molecular flexibility index (Phi) is 4.15. The lowest BCUT2D eigenvalue weighted by molar-refractivity contribution is -0.117. The van der Waals surface area contributed by atoms with Gasteiger partial charge in [0, 0.05) is 44.8 Å². The van der Waals surface area contributed by atoms with Crippen LogP contribution >= 0.6 is 0 Å². The van der Waals surface area contributed by atoms with Crippen LogP contribution in [0.3, 0.4) is 0 Å². The predicted octanol–water partition coefficient (Wildman–Crippen LogP) is 1.79. The third kappa shape index (κ3) is 3.56. The molecule has 0 radical (unpaired) electrons. The summed E-state index contributed by atoms with van der Waals surface area (Å²) in [5, 5.41) is 0. The Labute approximate surface area is 103 Å². The van der Waals surface area contributed by atoms with Crippen molar-refractivity contribution in [1.82, 2.24) is 4.90 Å². The number of para-hydroxylation sites is 1. The number of carbonyl (C=O) groups is 1. The summed E-state index contributed by atoms with van der Waals surface area (Å²) in [6.07, 6.45) is 0.686. The number of benzene rings is 1. The highest BCUT2D eigenvalue weighted by atomic mass is 16.1. The molecule has 17 heavy (non-hydrogen) atoms. The minimum absolute atomic E-state index is 0.287. The van der Waals surface area contributed by atoms with Gasteiger partial charge in [0.1, 0.15) is 5.78 Å². The third-order valence-electron chi connectivity index (χ3n) is 3.27. The van der Waals surface area contributed by atoms with Gasteiger partial charge in [-0.25, -0.2) is 0 Å². The van der Waals surface area contributed by atoms with E-state index in [9.17, 15) is 4.79 Å². The molecule has 0 saturated carbocycles. The predicted molar refractivity (Wildman–Crippen MR) is 70.4 cm³/mol. The summed E-state index contributed by atoms with van der Waals surface area (Å²) < 4.78 is 0. The zero-order valence-corrected chi connectivity index (χ0v) is 10.4. The Balaban J connectivity index is 1.80. The topological polar surface area (TPSA) is 23.6 Å². The van der Waals surface area contributed by atoms with Crippen LogP contribution in [0.15, 0.2) is 30.3 Å². The maximum Gasteiger partial charge on any atom is 0.131 e. The van der Waals surface area contributed by atoms with Gasteiger partial charge in [0.2, 0.25) is 0 Å². The van der Waals surface area contributed by atoms with Crippen LogP contribution in [0, 0.1) is 0 Å². The highest BCUT2D eigenvalue weighted by Crippen LogP contribution is 2.15. The van der Waals surface area contributed by atoms with Crippen molar-refractivity contribution in [2.75, 3.05) is 37.6 Å². The zero-order valence-electron chi connectivity index (χ0n) is 10.4. The largest absolute Gasteiger partial charge is 0.369 e. The molecule has 0 unspecified atom stereocenters. The van der Waals surface area contributed by atoms with Gasteiger partial charge in [-0.1, -0.05) is 18.2 Å². The van der Waals surface area contributed by atoms with Crippen molar-refractivity contribution in [2.45, 2.75) is 13.3 Å². The molecule has 0 aromatic heterocycles. The molecule has 3 nitrogen and oxygen atoms in total. The van der Waals surface area contributed by atoms with Gasteiger partial charge in [0.25, 0.3) is 0 Å². The Morgan fingerprint density at radius 1 is 1.12 bits per heavy atom. The Morgan fingerprint density at radius 2 is 1.76 bits per heavy atom. The molecular formula is C14H20N2O. The van der Waals surface area contributed by atoms with E-state index >= 15 is 0 Å². The Hall–Kier alpha value is -1.35. The average Bonchev–Trinajstić information content (AvgIpc) is 2.38. The average molecular weight is 232 g/mol. The first-order chi connectivity index (χ1) is 8.25. The first-order valence-electron chi connectivity index (χ1n) is 6.27. The van der Waals surface area contributed by atoms with Crippen LogP contribution in [0.2, 0.25) is 0 Å². The van der Waals surface area contributed by atoms with Gasteiger partial charge >= 0.3 is 0 Å². The highest BCUT2D eigenvalue weighted by molar-refractivity contribution is 5.75. The van der Waals surface area contributed by atoms with E-state index in [4.69, 9.17) is 0 Å². The molecule has 92 valence electrons. The molecule has 0 bridgehead atoms. The summed E-state index contributed by atoms with van der Waals surface area (Å²) in [6.45, 7) is 6.81. The van der Waals surface area contributed by atoms with E-state index < -0.39 is 0 Å². The smallest absolute Gasteiger partial charge is 0.131 e. The van der Waals surface area contributed by atoms with E-state index in [0.717, 1.165) is 32.7 Å². The summed E-state index contributed by atoms with van der Waals surface area (Å²) in [5.74, 6) is 0.287. The highest BCUT2D eigenvalue weighted by Gasteiger charge is 2.16. The standard InChI is InChI=1S/C14H20N2O/c1-13(17)7-8-15-9-11-16(12-10-15)14-5-3-2-4-6-14/h2-6H,7-12H2,1H3. The summed E-state index contributed by atoms with van der Waals surface area (Å²) in [5.41, 5.74) is 1.30. The van der Waals surface area contributed by atoms with E-state index in [1.165, 1.54) is 5.69 Å². The van der Waals surface area contributed by atoms with Crippen molar-refractivity contribution < 1.29 is 4.79 Å². The molecule has 1 aromatic carbocycles. The molecule has 3 heteroatoms. The van der Waals surface area contributed by atoms with Crippen LogP contribution in [0.5, 0.6) is 0 Å². The van der Waals surface area contributed by atoms with Crippen LogP contribution < -0.4 is 4.90 Å². The molecule has 0 atom stereocenters. The number of ketones is 1. The number of carbonyl (C=O) groups excluding carboxylic acids is 1. The first kappa shape index (κ1) is 12.1.